The Morgan fingerprint density at radius 3 is 2.89 bits per heavy atom. The van der Waals surface area contributed by atoms with E-state index >= 15 is 0 Å². The van der Waals surface area contributed by atoms with Crippen molar-refractivity contribution >= 4 is 16.5 Å². The maximum atomic E-state index is 9.05. The van der Waals surface area contributed by atoms with Crippen molar-refractivity contribution in [2.45, 2.75) is 25.5 Å². The highest BCUT2D eigenvalue weighted by atomic mass is 16.5. The molecule has 2 atom stereocenters. The molecule has 0 aromatic heterocycles. The minimum absolute atomic E-state index is 0.0312. The molecule has 2 unspecified atom stereocenters. The molecule has 1 aliphatic heterocycles. The number of hydrogen-bond donors (Lipinski definition) is 2. The molecule has 0 radical (unpaired) electrons. The third-order valence-electron chi connectivity index (χ3n) is 3.51. The van der Waals surface area contributed by atoms with E-state index in [9.17, 15) is 0 Å². The number of ether oxygens (including phenoxy) is 1. The van der Waals surface area contributed by atoms with E-state index in [0.717, 1.165) is 11.4 Å². The van der Waals surface area contributed by atoms with Crippen LogP contribution in [-0.2, 0) is 0 Å². The zero-order valence-corrected chi connectivity index (χ0v) is 10.4. The molecule has 3 nitrogen and oxygen atoms in total. The van der Waals surface area contributed by atoms with E-state index in [2.05, 4.69) is 30.4 Å². The number of hydrogen-bond acceptors (Lipinski definition) is 3. The summed E-state index contributed by atoms with van der Waals surface area (Å²) in [5, 5.41) is 14.9. The Kier molecular flexibility index (Phi) is 2.84. The molecule has 3 heteroatoms. The van der Waals surface area contributed by atoms with E-state index in [1.54, 1.807) is 0 Å². The van der Waals surface area contributed by atoms with Gasteiger partial charge in [0.2, 0.25) is 0 Å². The Bertz CT molecular complexity index is 567. The summed E-state index contributed by atoms with van der Waals surface area (Å²) in [7, 11) is 0. The molecule has 2 aromatic rings. The van der Waals surface area contributed by atoms with Gasteiger partial charge in [0.05, 0.1) is 11.7 Å². The molecule has 0 bridgehead atoms. The zero-order chi connectivity index (χ0) is 12.5. The lowest BCUT2D eigenvalue weighted by atomic mass is 10.0. The number of aliphatic hydroxyl groups excluding tert-OH is 1. The minimum Gasteiger partial charge on any atom is -0.486 e. The van der Waals surface area contributed by atoms with Crippen molar-refractivity contribution in [3.63, 3.8) is 0 Å². The van der Waals surface area contributed by atoms with Crippen LogP contribution in [-0.4, -0.2) is 23.9 Å². The molecule has 94 valence electrons. The summed E-state index contributed by atoms with van der Waals surface area (Å²) in [6, 6.07) is 12.6. The lowest BCUT2D eigenvalue weighted by Gasteiger charge is -2.33. The first-order chi connectivity index (χ1) is 8.79. The molecule has 2 N–H and O–H groups in total. The number of nitrogens with one attached hydrogen (secondary N) is 1. The fourth-order valence-corrected chi connectivity index (χ4v) is 2.52. The number of fused-ring (bicyclic) bond motifs is 3. The van der Waals surface area contributed by atoms with E-state index in [-0.39, 0.29) is 18.8 Å². The normalized spacial score (nSPS) is 22.1. The number of anilines is 1. The number of aliphatic hydroxyl groups is 1. The van der Waals surface area contributed by atoms with Gasteiger partial charge in [0, 0.05) is 18.4 Å². The van der Waals surface area contributed by atoms with Crippen LogP contribution in [0.3, 0.4) is 0 Å². The van der Waals surface area contributed by atoms with E-state index in [4.69, 9.17) is 9.84 Å². The van der Waals surface area contributed by atoms with Crippen molar-refractivity contribution in [1.29, 1.82) is 0 Å². The molecule has 3 rings (SSSR count). The summed E-state index contributed by atoms with van der Waals surface area (Å²) in [6.45, 7) is 2.24. The second kappa shape index (κ2) is 4.50. The standard InChI is InChI=1S/C15H17NO2/c1-10-13(8-9-17)18-14-7-6-11-4-2-3-5-12(11)15(14)16-10/h2-7,10,13,16-17H,8-9H2,1H3. The van der Waals surface area contributed by atoms with Crippen LogP contribution < -0.4 is 10.1 Å². The molecule has 0 fully saturated rings. The van der Waals surface area contributed by atoms with Gasteiger partial charge in [-0.2, -0.15) is 0 Å². The lowest BCUT2D eigenvalue weighted by molar-refractivity contribution is 0.134. The highest BCUT2D eigenvalue weighted by Gasteiger charge is 2.26. The number of rotatable bonds is 2. The van der Waals surface area contributed by atoms with Crippen LogP contribution in [0.4, 0.5) is 5.69 Å². The molecule has 1 heterocycles. The van der Waals surface area contributed by atoms with Gasteiger partial charge in [-0.3, -0.25) is 0 Å². The fraction of sp³-hybridized carbons (Fsp3) is 0.333. The van der Waals surface area contributed by atoms with Crippen LogP contribution in [0.1, 0.15) is 13.3 Å². The summed E-state index contributed by atoms with van der Waals surface area (Å²) in [5.74, 6) is 0.880. The van der Waals surface area contributed by atoms with Gasteiger partial charge in [-0.1, -0.05) is 30.3 Å². The van der Waals surface area contributed by atoms with E-state index in [0.29, 0.717) is 6.42 Å². The van der Waals surface area contributed by atoms with Crippen LogP contribution in [0.2, 0.25) is 0 Å². The van der Waals surface area contributed by atoms with Gasteiger partial charge >= 0.3 is 0 Å². The topological polar surface area (TPSA) is 41.5 Å². The van der Waals surface area contributed by atoms with Gasteiger partial charge in [-0.05, 0) is 18.4 Å². The smallest absolute Gasteiger partial charge is 0.143 e. The highest BCUT2D eigenvalue weighted by Crippen LogP contribution is 2.38. The SMILES string of the molecule is CC1Nc2c(ccc3ccccc23)OC1CCO. The van der Waals surface area contributed by atoms with Crippen molar-refractivity contribution < 1.29 is 9.84 Å². The molecule has 0 amide bonds. The highest BCUT2D eigenvalue weighted by molar-refractivity contribution is 5.97. The van der Waals surface area contributed by atoms with Gasteiger partial charge in [0.1, 0.15) is 11.9 Å². The Morgan fingerprint density at radius 1 is 1.22 bits per heavy atom. The summed E-state index contributed by atoms with van der Waals surface area (Å²) in [4.78, 5) is 0. The van der Waals surface area contributed by atoms with Crippen molar-refractivity contribution in [3.8, 4) is 5.75 Å². The van der Waals surface area contributed by atoms with Crippen molar-refractivity contribution in [1.82, 2.24) is 0 Å². The van der Waals surface area contributed by atoms with E-state index in [1.165, 1.54) is 10.8 Å². The average Bonchev–Trinajstić information content (AvgIpc) is 2.40. The van der Waals surface area contributed by atoms with Crippen molar-refractivity contribution in [3.05, 3.63) is 36.4 Å². The molecule has 0 saturated carbocycles. The largest absolute Gasteiger partial charge is 0.486 e. The summed E-state index contributed by atoms with van der Waals surface area (Å²) >= 11 is 0. The van der Waals surface area contributed by atoms with Gasteiger partial charge < -0.3 is 15.2 Å². The van der Waals surface area contributed by atoms with Crippen LogP contribution in [0.15, 0.2) is 36.4 Å². The van der Waals surface area contributed by atoms with Gasteiger partial charge in [-0.25, -0.2) is 0 Å². The summed E-state index contributed by atoms with van der Waals surface area (Å²) in [6.07, 6.45) is 0.684. The van der Waals surface area contributed by atoms with Crippen LogP contribution in [0, 0.1) is 0 Å². The molecule has 0 spiro atoms. The number of benzene rings is 2. The second-order valence-electron chi connectivity index (χ2n) is 4.76. The van der Waals surface area contributed by atoms with Crippen LogP contribution in [0.25, 0.3) is 10.8 Å². The third kappa shape index (κ3) is 1.81. The van der Waals surface area contributed by atoms with Crippen molar-refractivity contribution in [2.75, 3.05) is 11.9 Å². The Morgan fingerprint density at radius 2 is 2.06 bits per heavy atom. The quantitative estimate of drug-likeness (QED) is 0.852. The second-order valence-corrected chi connectivity index (χ2v) is 4.76. The minimum atomic E-state index is 0.0312. The lowest BCUT2D eigenvalue weighted by Crippen LogP contribution is -2.39. The van der Waals surface area contributed by atoms with Crippen LogP contribution >= 0.6 is 0 Å². The monoisotopic (exact) mass is 243 g/mol. The molecule has 0 saturated heterocycles. The Hall–Kier alpha value is -1.74. The molecular weight excluding hydrogens is 226 g/mol. The molecule has 2 aromatic carbocycles. The predicted molar refractivity (Wildman–Crippen MR) is 73.2 cm³/mol. The van der Waals surface area contributed by atoms with Gasteiger partial charge in [0.25, 0.3) is 0 Å². The van der Waals surface area contributed by atoms with Gasteiger partial charge in [-0.15, -0.1) is 0 Å². The first kappa shape index (κ1) is 11.4. The predicted octanol–water partition coefficient (Wildman–Crippen LogP) is 2.78. The fourth-order valence-electron chi connectivity index (χ4n) is 2.52. The Labute approximate surface area is 106 Å². The molecule has 18 heavy (non-hydrogen) atoms. The molecular formula is C15H17NO2. The first-order valence-corrected chi connectivity index (χ1v) is 6.35. The van der Waals surface area contributed by atoms with Crippen molar-refractivity contribution in [2.24, 2.45) is 0 Å². The maximum Gasteiger partial charge on any atom is 0.143 e. The summed E-state index contributed by atoms with van der Waals surface area (Å²) in [5.41, 5.74) is 1.06. The Balaban J connectivity index is 2.06. The average molecular weight is 243 g/mol. The zero-order valence-electron chi connectivity index (χ0n) is 10.4. The first-order valence-electron chi connectivity index (χ1n) is 6.35. The van der Waals surface area contributed by atoms with Gasteiger partial charge in [0.15, 0.2) is 0 Å². The maximum absolute atomic E-state index is 9.05. The summed E-state index contributed by atoms with van der Waals surface area (Å²) < 4.78 is 5.97. The molecule has 1 aliphatic rings. The third-order valence-corrected chi connectivity index (χ3v) is 3.51. The van der Waals surface area contributed by atoms with Crippen LogP contribution in [0.5, 0.6) is 5.75 Å². The van der Waals surface area contributed by atoms with E-state index in [1.807, 2.05) is 18.2 Å². The molecule has 0 aliphatic carbocycles. The van der Waals surface area contributed by atoms with E-state index < -0.39 is 0 Å².